The third-order valence-corrected chi connectivity index (χ3v) is 7.59. The van der Waals surface area contributed by atoms with Gasteiger partial charge >= 0.3 is 0 Å². The van der Waals surface area contributed by atoms with Crippen molar-refractivity contribution in [3.63, 3.8) is 0 Å². The van der Waals surface area contributed by atoms with Crippen LogP contribution in [0.25, 0.3) is 5.69 Å². The molecule has 1 aliphatic rings. The van der Waals surface area contributed by atoms with Crippen molar-refractivity contribution in [3.8, 4) is 22.9 Å². The van der Waals surface area contributed by atoms with Gasteiger partial charge in [0.15, 0.2) is 5.11 Å². The monoisotopic (exact) mass is 546 g/mol. The van der Waals surface area contributed by atoms with E-state index in [4.69, 9.17) is 26.7 Å². The van der Waals surface area contributed by atoms with Crippen LogP contribution in [0.15, 0.2) is 109 Å². The molecule has 3 heterocycles. The minimum Gasteiger partial charge on any atom is -0.497 e. The molecule has 0 saturated carbocycles. The summed E-state index contributed by atoms with van der Waals surface area (Å²) < 4.78 is 13.8. The molecule has 0 radical (unpaired) electrons. The quantitative estimate of drug-likeness (QED) is 0.214. The molecule has 6 nitrogen and oxygen atoms in total. The van der Waals surface area contributed by atoms with E-state index in [1.165, 1.54) is 0 Å². The van der Waals surface area contributed by atoms with Gasteiger partial charge in [-0.15, -0.1) is 0 Å². The molecule has 2 atom stereocenters. The van der Waals surface area contributed by atoms with E-state index in [1.54, 1.807) is 7.11 Å². The number of hydrogen-bond acceptors (Lipinski definition) is 4. The average Bonchev–Trinajstić information content (AvgIpc) is 3.54. The van der Waals surface area contributed by atoms with Crippen LogP contribution in [-0.4, -0.2) is 21.8 Å². The van der Waals surface area contributed by atoms with Crippen molar-refractivity contribution in [2.24, 2.45) is 0 Å². The molecule has 6 rings (SSSR count). The maximum Gasteiger partial charge on any atom is 0.174 e. The van der Waals surface area contributed by atoms with Crippen LogP contribution in [0.1, 0.15) is 34.7 Å². The van der Waals surface area contributed by atoms with Gasteiger partial charge < -0.3 is 24.3 Å². The zero-order chi connectivity index (χ0) is 27.6. The highest BCUT2D eigenvalue weighted by Crippen LogP contribution is 2.43. The van der Waals surface area contributed by atoms with Crippen LogP contribution in [-0.2, 0) is 0 Å². The summed E-state index contributed by atoms with van der Waals surface area (Å²) in [5.74, 6) is 2.43. The van der Waals surface area contributed by atoms with Crippen molar-refractivity contribution >= 4 is 23.0 Å². The van der Waals surface area contributed by atoms with Crippen molar-refractivity contribution in [3.05, 3.63) is 132 Å². The van der Waals surface area contributed by atoms with E-state index in [1.807, 2.05) is 79.9 Å². The molecule has 1 saturated heterocycles. The number of nitrogens with one attached hydrogen (secondary N) is 1. The van der Waals surface area contributed by atoms with E-state index in [9.17, 15) is 0 Å². The van der Waals surface area contributed by atoms with Crippen LogP contribution < -0.4 is 19.7 Å². The zero-order valence-corrected chi connectivity index (χ0v) is 23.4. The summed E-state index contributed by atoms with van der Waals surface area (Å²) in [6.07, 6.45) is 1.82. The summed E-state index contributed by atoms with van der Waals surface area (Å²) in [6.45, 7) is 4.16. The number of benzene rings is 3. The van der Waals surface area contributed by atoms with Crippen LogP contribution in [0.5, 0.6) is 17.2 Å². The molecule has 1 aliphatic heterocycles. The molecule has 2 unspecified atom stereocenters. The molecule has 1 N–H and O–H groups in total. The second-order valence-corrected chi connectivity index (χ2v) is 10.2. The number of nitrogens with zero attached hydrogens (tertiary/aromatic N) is 3. The largest absolute Gasteiger partial charge is 0.497 e. The van der Waals surface area contributed by atoms with E-state index in [0.717, 1.165) is 51.3 Å². The number of aryl methyl sites for hydroxylation is 2. The Morgan fingerprint density at radius 2 is 1.48 bits per heavy atom. The standard InChI is InChI=1S/C33H30N4O2S/c1-22-8-4-5-10-30(22)39-27-18-14-25(15-19-27)37-32(31(35-33(37)40)28-9-6-7-21-34-28)29-20-11-23(2)36(29)24-12-16-26(38-3)17-13-24/h4-21,31-32H,1-3H3,(H,35,40). The highest BCUT2D eigenvalue weighted by Gasteiger charge is 2.42. The molecule has 7 heteroatoms. The number of hydrogen-bond donors (Lipinski definition) is 1. The van der Waals surface area contributed by atoms with Gasteiger partial charge in [0, 0.05) is 29.0 Å². The normalized spacial score (nSPS) is 16.6. The summed E-state index contributed by atoms with van der Waals surface area (Å²) in [7, 11) is 1.68. The second kappa shape index (κ2) is 10.9. The number of anilines is 1. The first-order valence-electron chi connectivity index (χ1n) is 13.2. The van der Waals surface area contributed by atoms with Crippen LogP contribution in [0.4, 0.5) is 5.69 Å². The van der Waals surface area contributed by atoms with Crippen molar-refractivity contribution in [1.82, 2.24) is 14.9 Å². The van der Waals surface area contributed by atoms with E-state index in [-0.39, 0.29) is 12.1 Å². The first kappa shape index (κ1) is 25.6. The summed E-state index contributed by atoms with van der Waals surface area (Å²) in [5.41, 5.74) is 6.27. The Balaban J connectivity index is 1.41. The summed E-state index contributed by atoms with van der Waals surface area (Å²) in [4.78, 5) is 6.89. The molecule has 0 bridgehead atoms. The number of para-hydroxylation sites is 1. The van der Waals surface area contributed by atoms with Gasteiger partial charge in [0.05, 0.1) is 18.8 Å². The fourth-order valence-corrected chi connectivity index (χ4v) is 5.63. The maximum atomic E-state index is 6.16. The Morgan fingerprint density at radius 1 is 0.775 bits per heavy atom. The highest BCUT2D eigenvalue weighted by molar-refractivity contribution is 7.80. The van der Waals surface area contributed by atoms with E-state index >= 15 is 0 Å². The third kappa shape index (κ3) is 4.80. The molecule has 0 amide bonds. The van der Waals surface area contributed by atoms with Gasteiger partial charge in [-0.3, -0.25) is 4.98 Å². The number of aromatic nitrogens is 2. The van der Waals surface area contributed by atoms with E-state index in [0.29, 0.717) is 5.11 Å². The molecule has 0 aliphatic carbocycles. The fraction of sp³-hybridized carbons (Fsp3) is 0.152. The minimum absolute atomic E-state index is 0.150. The second-order valence-electron chi connectivity index (χ2n) is 9.79. The van der Waals surface area contributed by atoms with Crippen LogP contribution in [0, 0.1) is 13.8 Å². The Bertz CT molecular complexity index is 1630. The van der Waals surface area contributed by atoms with E-state index < -0.39 is 0 Å². The summed E-state index contributed by atoms with van der Waals surface area (Å²) in [5, 5.41) is 4.21. The maximum absolute atomic E-state index is 6.16. The van der Waals surface area contributed by atoms with Gasteiger partial charge in [-0.2, -0.15) is 0 Å². The SMILES string of the molecule is COc1ccc(-n2c(C)ccc2C2C(c3ccccn3)NC(=S)N2c2ccc(Oc3ccccc3C)cc2)cc1. The van der Waals surface area contributed by atoms with Gasteiger partial charge in [-0.25, -0.2) is 0 Å². The molecule has 0 spiro atoms. The van der Waals surface area contributed by atoms with Gasteiger partial charge in [-0.05, 0) is 110 Å². The van der Waals surface area contributed by atoms with Crippen LogP contribution >= 0.6 is 12.2 Å². The van der Waals surface area contributed by atoms with Crippen molar-refractivity contribution in [2.45, 2.75) is 25.9 Å². The zero-order valence-electron chi connectivity index (χ0n) is 22.6. The number of ether oxygens (including phenoxy) is 2. The lowest BCUT2D eigenvalue weighted by Gasteiger charge is -2.29. The Labute approximate surface area is 239 Å². The molecule has 1 fully saturated rings. The smallest absolute Gasteiger partial charge is 0.174 e. The lowest BCUT2D eigenvalue weighted by Crippen LogP contribution is -2.30. The molecule has 40 heavy (non-hydrogen) atoms. The highest BCUT2D eigenvalue weighted by atomic mass is 32.1. The van der Waals surface area contributed by atoms with Crippen LogP contribution in [0.3, 0.4) is 0 Å². The minimum atomic E-state index is -0.152. The molecule has 5 aromatic rings. The number of methoxy groups -OCH3 is 1. The van der Waals surface area contributed by atoms with Crippen molar-refractivity contribution in [1.29, 1.82) is 0 Å². The Kier molecular flexibility index (Phi) is 6.97. The Morgan fingerprint density at radius 3 is 2.17 bits per heavy atom. The number of rotatable bonds is 7. The predicted octanol–water partition coefficient (Wildman–Crippen LogP) is 7.47. The fourth-order valence-electron chi connectivity index (χ4n) is 5.28. The Hall–Kier alpha value is -4.62. The van der Waals surface area contributed by atoms with Crippen LogP contribution in [0.2, 0.25) is 0 Å². The van der Waals surface area contributed by atoms with Crippen molar-refractivity contribution in [2.75, 3.05) is 12.0 Å². The third-order valence-electron chi connectivity index (χ3n) is 7.27. The summed E-state index contributed by atoms with van der Waals surface area (Å²) in [6, 6.07) is 34.2. The lowest BCUT2D eigenvalue weighted by molar-refractivity contribution is 0.414. The molecule has 2 aromatic heterocycles. The topological polar surface area (TPSA) is 51.5 Å². The first-order valence-corrected chi connectivity index (χ1v) is 13.6. The number of thiocarbonyl (C=S) groups is 1. The first-order chi connectivity index (χ1) is 19.5. The van der Waals surface area contributed by atoms with Gasteiger partial charge in [-0.1, -0.05) is 24.3 Å². The summed E-state index contributed by atoms with van der Waals surface area (Å²) >= 11 is 5.96. The van der Waals surface area contributed by atoms with Gasteiger partial charge in [0.2, 0.25) is 0 Å². The predicted molar refractivity (Wildman–Crippen MR) is 163 cm³/mol. The number of pyridine rings is 1. The van der Waals surface area contributed by atoms with Gasteiger partial charge in [0.25, 0.3) is 0 Å². The molecular formula is C33H30N4O2S. The molecule has 3 aromatic carbocycles. The molecular weight excluding hydrogens is 516 g/mol. The van der Waals surface area contributed by atoms with Gasteiger partial charge in [0.1, 0.15) is 23.3 Å². The lowest BCUT2D eigenvalue weighted by atomic mass is 10.0. The molecule has 200 valence electrons. The average molecular weight is 547 g/mol. The van der Waals surface area contributed by atoms with Crippen molar-refractivity contribution < 1.29 is 9.47 Å². The van der Waals surface area contributed by atoms with E-state index in [2.05, 4.69) is 58.1 Å².